The number of nitrogens with one attached hydrogen (secondary N) is 1. The van der Waals surface area contributed by atoms with Crippen LogP contribution in [0.5, 0.6) is 0 Å². The van der Waals surface area contributed by atoms with Crippen molar-refractivity contribution in [2.45, 2.75) is 32.0 Å². The number of amides is 1. The van der Waals surface area contributed by atoms with E-state index in [1.54, 1.807) is 0 Å². The van der Waals surface area contributed by atoms with Crippen LogP contribution in [0.2, 0.25) is 0 Å². The number of carbonyl (C=O) groups is 1. The van der Waals surface area contributed by atoms with Gasteiger partial charge in [0.2, 0.25) is 5.91 Å². The molecule has 0 radical (unpaired) electrons. The van der Waals surface area contributed by atoms with Gasteiger partial charge >= 0.3 is 6.18 Å². The van der Waals surface area contributed by atoms with Crippen molar-refractivity contribution in [2.24, 2.45) is 11.7 Å². The zero-order chi connectivity index (χ0) is 12.8. The molecule has 96 valence electrons. The molecular formula is C9H17F3N2O2. The molecule has 0 aromatic heterocycles. The highest BCUT2D eigenvalue weighted by molar-refractivity contribution is 5.76. The first-order valence-electron chi connectivity index (χ1n) is 5.02. The summed E-state index contributed by atoms with van der Waals surface area (Å²) < 4.78 is 35.6. The second-order valence-corrected chi connectivity index (χ2v) is 3.58. The molecule has 2 atom stereocenters. The van der Waals surface area contributed by atoms with Crippen molar-refractivity contribution in [1.29, 1.82) is 0 Å². The number of aliphatic hydroxyl groups excluding tert-OH is 1. The van der Waals surface area contributed by atoms with Crippen molar-refractivity contribution >= 4 is 5.91 Å². The molecular weight excluding hydrogens is 225 g/mol. The minimum atomic E-state index is -4.70. The van der Waals surface area contributed by atoms with Gasteiger partial charge in [-0.15, -0.1) is 0 Å². The quantitative estimate of drug-likeness (QED) is 0.631. The topological polar surface area (TPSA) is 75.4 Å². The van der Waals surface area contributed by atoms with E-state index < -0.39 is 24.7 Å². The SMILES string of the molecule is CCC(CN)CC(=O)NCC(O)C(F)(F)F. The van der Waals surface area contributed by atoms with Crippen LogP contribution in [-0.4, -0.2) is 36.4 Å². The molecule has 0 aliphatic rings. The van der Waals surface area contributed by atoms with Gasteiger partial charge in [0.25, 0.3) is 0 Å². The Kier molecular flexibility index (Phi) is 6.35. The smallest absolute Gasteiger partial charge is 0.382 e. The van der Waals surface area contributed by atoms with E-state index in [0.29, 0.717) is 13.0 Å². The molecule has 2 unspecified atom stereocenters. The van der Waals surface area contributed by atoms with E-state index >= 15 is 0 Å². The second-order valence-electron chi connectivity index (χ2n) is 3.58. The Balaban J connectivity index is 3.90. The summed E-state index contributed by atoms with van der Waals surface area (Å²) in [5, 5.41) is 10.6. The van der Waals surface area contributed by atoms with E-state index in [1.807, 2.05) is 12.2 Å². The monoisotopic (exact) mass is 242 g/mol. The first-order valence-corrected chi connectivity index (χ1v) is 5.02. The number of aliphatic hydroxyl groups is 1. The van der Waals surface area contributed by atoms with Crippen LogP contribution >= 0.6 is 0 Å². The van der Waals surface area contributed by atoms with Crippen molar-refractivity contribution in [3.8, 4) is 0 Å². The summed E-state index contributed by atoms with van der Waals surface area (Å²) in [6.07, 6.45) is -6.45. The Labute approximate surface area is 92.0 Å². The number of hydrogen-bond donors (Lipinski definition) is 3. The fourth-order valence-electron chi connectivity index (χ4n) is 1.05. The Bertz CT molecular complexity index is 217. The summed E-state index contributed by atoms with van der Waals surface area (Å²) in [7, 11) is 0. The van der Waals surface area contributed by atoms with Gasteiger partial charge in [-0.2, -0.15) is 13.2 Å². The lowest BCUT2D eigenvalue weighted by Crippen LogP contribution is -2.41. The first-order chi connectivity index (χ1) is 7.31. The minimum absolute atomic E-state index is 0.0389. The van der Waals surface area contributed by atoms with E-state index in [2.05, 4.69) is 0 Å². The molecule has 0 spiro atoms. The Morgan fingerprint density at radius 2 is 2.06 bits per heavy atom. The molecule has 0 aliphatic heterocycles. The van der Waals surface area contributed by atoms with Gasteiger partial charge in [0.1, 0.15) is 0 Å². The lowest BCUT2D eigenvalue weighted by Gasteiger charge is -2.16. The Morgan fingerprint density at radius 1 is 1.50 bits per heavy atom. The van der Waals surface area contributed by atoms with Crippen LogP contribution in [0.4, 0.5) is 13.2 Å². The third-order valence-corrected chi connectivity index (χ3v) is 2.26. The number of hydrogen-bond acceptors (Lipinski definition) is 3. The molecule has 0 rings (SSSR count). The molecule has 0 aromatic carbocycles. The molecule has 0 heterocycles. The molecule has 0 bridgehead atoms. The molecule has 0 aromatic rings. The van der Waals surface area contributed by atoms with Crippen molar-refractivity contribution in [2.75, 3.05) is 13.1 Å². The minimum Gasteiger partial charge on any atom is -0.382 e. The summed E-state index contributed by atoms with van der Waals surface area (Å²) in [6, 6.07) is 0. The zero-order valence-electron chi connectivity index (χ0n) is 9.05. The predicted octanol–water partition coefficient (Wildman–Crippen LogP) is 0.401. The predicted molar refractivity (Wildman–Crippen MR) is 52.5 cm³/mol. The van der Waals surface area contributed by atoms with Crippen molar-refractivity contribution in [1.82, 2.24) is 5.32 Å². The molecule has 1 amide bonds. The average molecular weight is 242 g/mol. The lowest BCUT2D eigenvalue weighted by atomic mass is 10.0. The van der Waals surface area contributed by atoms with Crippen LogP contribution in [0.25, 0.3) is 0 Å². The van der Waals surface area contributed by atoms with E-state index in [9.17, 15) is 18.0 Å². The standard InChI is InChI=1S/C9H17F3N2O2/c1-2-6(4-13)3-8(16)14-5-7(15)9(10,11)12/h6-7,15H,2-5,13H2,1H3,(H,14,16). The first kappa shape index (κ1) is 15.2. The molecule has 0 saturated carbocycles. The summed E-state index contributed by atoms with van der Waals surface area (Å²) in [5.41, 5.74) is 5.35. The highest BCUT2D eigenvalue weighted by atomic mass is 19.4. The molecule has 4 N–H and O–H groups in total. The fourth-order valence-corrected chi connectivity index (χ4v) is 1.05. The van der Waals surface area contributed by atoms with E-state index in [0.717, 1.165) is 0 Å². The second kappa shape index (κ2) is 6.70. The summed E-state index contributed by atoms with van der Waals surface area (Å²) in [4.78, 5) is 11.2. The molecule has 4 nitrogen and oxygen atoms in total. The van der Waals surface area contributed by atoms with Gasteiger partial charge in [-0.3, -0.25) is 4.79 Å². The number of rotatable bonds is 6. The maximum Gasteiger partial charge on any atom is 0.416 e. The van der Waals surface area contributed by atoms with Gasteiger partial charge in [-0.05, 0) is 12.5 Å². The molecule has 16 heavy (non-hydrogen) atoms. The maximum atomic E-state index is 11.9. The van der Waals surface area contributed by atoms with Crippen LogP contribution in [-0.2, 0) is 4.79 Å². The summed E-state index contributed by atoms with van der Waals surface area (Å²) in [6.45, 7) is 1.34. The summed E-state index contributed by atoms with van der Waals surface area (Å²) >= 11 is 0. The van der Waals surface area contributed by atoms with E-state index in [4.69, 9.17) is 10.8 Å². The van der Waals surface area contributed by atoms with Gasteiger partial charge in [-0.1, -0.05) is 13.3 Å². The normalized spacial score (nSPS) is 15.6. The van der Waals surface area contributed by atoms with Crippen molar-refractivity contribution in [3.63, 3.8) is 0 Å². The summed E-state index contributed by atoms with van der Waals surface area (Å²) in [5.74, 6) is -0.566. The highest BCUT2D eigenvalue weighted by Gasteiger charge is 2.38. The maximum absolute atomic E-state index is 11.9. The third-order valence-electron chi connectivity index (χ3n) is 2.26. The average Bonchev–Trinajstić information content (AvgIpc) is 2.20. The molecule has 7 heteroatoms. The number of carbonyl (C=O) groups excluding carboxylic acids is 1. The lowest BCUT2D eigenvalue weighted by molar-refractivity contribution is -0.201. The zero-order valence-corrected chi connectivity index (χ0v) is 9.05. The van der Waals surface area contributed by atoms with Crippen LogP contribution in [0.3, 0.4) is 0 Å². The van der Waals surface area contributed by atoms with Crippen molar-refractivity contribution in [3.05, 3.63) is 0 Å². The molecule has 0 aliphatic carbocycles. The van der Waals surface area contributed by atoms with E-state index in [1.165, 1.54) is 0 Å². The fraction of sp³-hybridized carbons (Fsp3) is 0.889. The highest BCUT2D eigenvalue weighted by Crippen LogP contribution is 2.19. The van der Waals surface area contributed by atoms with Gasteiger partial charge in [0.05, 0.1) is 6.54 Å². The number of alkyl halides is 3. The largest absolute Gasteiger partial charge is 0.416 e. The Hall–Kier alpha value is -0.820. The van der Waals surface area contributed by atoms with Crippen LogP contribution in [0.15, 0.2) is 0 Å². The van der Waals surface area contributed by atoms with Gasteiger partial charge in [0, 0.05) is 6.42 Å². The third kappa shape index (κ3) is 5.92. The van der Waals surface area contributed by atoms with E-state index in [-0.39, 0.29) is 12.3 Å². The number of nitrogens with two attached hydrogens (primary N) is 1. The van der Waals surface area contributed by atoms with Crippen LogP contribution in [0, 0.1) is 5.92 Å². The van der Waals surface area contributed by atoms with Crippen LogP contribution < -0.4 is 11.1 Å². The van der Waals surface area contributed by atoms with Crippen molar-refractivity contribution < 1.29 is 23.1 Å². The molecule has 0 fully saturated rings. The van der Waals surface area contributed by atoms with Crippen LogP contribution in [0.1, 0.15) is 19.8 Å². The van der Waals surface area contributed by atoms with Gasteiger partial charge < -0.3 is 16.2 Å². The molecule has 0 saturated heterocycles. The van der Waals surface area contributed by atoms with Gasteiger partial charge in [-0.25, -0.2) is 0 Å². The Morgan fingerprint density at radius 3 is 2.44 bits per heavy atom. The number of halogens is 3. The van der Waals surface area contributed by atoms with Gasteiger partial charge in [0.15, 0.2) is 6.10 Å².